The Bertz CT molecular complexity index is 223. The van der Waals surface area contributed by atoms with E-state index in [1.54, 1.807) is 18.2 Å². The Balaban J connectivity index is 0.000000810. The van der Waals surface area contributed by atoms with Gasteiger partial charge < -0.3 is 5.11 Å². The first-order valence-electron chi connectivity index (χ1n) is 2.58. The molecule has 1 aromatic carbocycles. The molecule has 0 amide bonds. The number of hydrogen-bond acceptors (Lipinski definition) is 2. The molecule has 1 aromatic rings. The van der Waals surface area contributed by atoms with Crippen LogP contribution in [0.3, 0.4) is 0 Å². The number of para-hydroxylation sites is 1. The van der Waals surface area contributed by atoms with Crippen LogP contribution in [-0.2, 0) is 26.2 Å². The molecule has 0 fully saturated rings. The third kappa shape index (κ3) is 2.07. The van der Waals surface area contributed by atoms with E-state index in [1.165, 1.54) is 6.07 Å². The monoisotopic (exact) mass is 212 g/mol. The van der Waals surface area contributed by atoms with E-state index in [2.05, 4.69) is 0 Å². The molecule has 0 saturated carbocycles. The second-order valence-corrected chi connectivity index (χ2v) is 1.68. The number of phenolic OH excluding ortho intramolecular Hbond substituents is 1. The summed E-state index contributed by atoms with van der Waals surface area (Å²) < 4.78 is 0. The summed E-state index contributed by atoms with van der Waals surface area (Å²) >= 11 is 0. The van der Waals surface area contributed by atoms with Crippen LogP contribution in [0.4, 0.5) is 0 Å². The van der Waals surface area contributed by atoms with Gasteiger partial charge in [0.2, 0.25) is 0 Å². The molecular weight excluding hydrogens is 207 g/mol. The Morgan fingerprint density at radius 3 is 2.30 bits per heavy atom. The number of rotatable bonds is 1. The first kappa shape index (κ1) is 9.57. The fourth-order valence-corrected chi connectivity index (χ4v) is 0.587. The van der Waals surface area contributed by atoms with Crippen LogP contribution in [0.5, 0.6) is 5.75 Å². The molecule has 0 radical (unpaired) electrons. The van der Waals surface area contributed by atoms with Crippen molar-refractivity contribution in [3.05, 3.63) is 29.8 Å². The Kier molecular flexibility index (Phi) is 4.21. The van der Waals surface area contributed by atoms with Crippen molar-refractivity contribution in [2.45, 2.75) is 0 Å². The molecule has 0 saturated heterocycles. The molecule has 1 rings (SSSR count). The topological polar surface area (TPSA) is 37.3 Å². The van der Waals surface area contributed by atoms with Gasteiger partial charge in [-0.25, -0.2) is 0 Å². The van der Waals surface area contributed by atoms with Gasteiger partial charge in [0.1, 0.15) is 5.75 Å². The molecule has 50 valence electrons. The van der Waals surface area contributed by atoms with Gasteiger partial charge in [0.25, 0.3) is 0 Å². The van der Waals surface area contributed by atoms with Crippen LogP contribution >= 0.6 is 0 Å². The minimum Gasteiger partial charge on any atom is -0.507 e. The van der Waals surface area contributed by atoms with Crippen molar-refractivity contribution >= 4 is 6.29 Å². The molecule has 3 heteroatoms. The van der Waals surface area contributed by atoms with Crippen LogP contribution in [-0.4, -0.2) is 11.4 Å². The third-order valence-electron chi connectivity index (χ3n) is 1.06. The summed E-state index contributed by atoms with van der Waals surface area (Å²) in [4.78, 5) is 10.1. The Labute approximate surface area is 78.0 Å². The van der Waals surface area contributed by atoms with Gasteiger partial charge in [-0.1, -0.05) is 12.1 Å². The predicted octanol–water partition coefficient (Wildman–Crippen LogP) is 1.20. The van der Waals surface area contributed by atoms with Crippen LogP contribution in [0.2, 0.25) is 0 Å². The van der Waals surface area contributed by atoms with Gasteiger partial charge >= 0.3 is 0 Å². The molecule has 0 spiro atoms. The molecule has 0 aliphatic carbocycles. The molecule has 2 nitrogen and oxygen atoms in total. The summed E-state index contributed by atoms with van der Waals surface area (Å²) in [6.07, 6.45) is 0.620. The number of hydrogen-bond donors (Lipinski definition) is 1. The zero-order valence-electron chi connectivity index (χ0n) is 5.24. The maximum Gasteiger partial charge on any atom is 0.153 e. The van der Waals surface area contributed by atoms with Crippen LogP contribution in [0.25, 0.3) is 0 Å². The van der Waals surface area contributed by atoms with E-state index in [0.29, 0.717) is 11.8 Å². The zero-order valence-corrected chi connectivity index (χ0v) is 7.70. The Morgan fingerprint density at radius 2 is 1.90 bits per heavy atom. The molecule has 1 N–H and O–H groups in total. The van der Waals surface area contributed by atoms with E-state index in [1.807, 2.05) is 0 Å². The average Bonchev–Trinajstić information content (AvgIpc) is 1.89. The number of benzene rings is 1. The second-order valence-electron chi connectivity index (χ2n) is 1.68. The van der Waals surface area contributed by atoms with E-state index in [-0.39, 0.29) is 32.0 Å². The molecule has 0 atom stereocenters. The maximum absolute atomic E-state index is 10.1. The maximum atomic E-state index is 10.1. The van der Waals surface area contributed by atoms with E-state index in [4.69, 9.17) is 5.11 Å². The van der Waals surface area contributed by atoms with Crippen molar-refractivity contribution in [3.8, 4) is 5.75 Å². The third-order valence-corrected chi connectivity index (χ3v) is 1.06. The van der Waals surface area contributed by atoms with Gasteiger partial charge in [-0.3, -0.25) is 4.79 Å². The van der Waals surface area contributed by atoms with Gasteiger partial charge in [0, 0.05) is 26.2 Å². The summed E-state index contributed by atoms with van der Waals surface area (Å²) in [6, 6.07) is 6.40. The molecule has 0 unspecified atom stereocenters. The fraction of sp³-hybridized carbons (Fsp3) is 0. The number of phenols is 1. The smallest absolute Gasteiger partial charge is 0.153 e. The summed E-state index contributed by atoms with van der Waals surface area (Å²) in [6.45, 7) is 0. The summed E-state index contributed by atoms with van der Waals surface area (Å²) in [5.41, 5.74) is 0.331. The molecular formula is C7H6O2Zr. The number of carbonyl (C=O) groups excluding carboxylic acids is 1. The summed E-state index contributed by atoms with van der Waals surface area (Å²) in [5, 5.41) is 8.88. The second kappa shape index (κ2) is 4.40. The van der Waals surface area contributed by atoms with E-state index < -0.39 is 0 Å². The summed E-state index contributed by atoms with van der Waals surface area (Å²) in [5.74, 6) is 0.0347. The zero-order chi connectivity index (χ0) is 6.69. The largest absolute Gasteiger partial charge is 0.507 e. The van der Waals surface area contributed by atoms with Crippen LogP contribution in [0.15, 0.2) is 24.3 Å². The molecule has 10 heavy (non-hydrogen) atoms. The van der Waals surface area contributed by atoms with Gasteiger partial charge in [-0.2, -0.15) is 0 Å². The van der Waals surface area contributed by atoms with E-state index >= 15 is 0 Å². The molecule has 0 aliphatic rings. The van der Waals surface area contributed by atoms with E-state index in [9.17, 15) is 4.79 Å². The van der Waals surface area contributed by atoms with Crippen molar-refractivity contribution in [2.24, 2.45) is 0 Å². The van der Waals surface area contributed by atoms with Gasteiger partial charge in [-0.05, 0) is 12.1 Å². The number of carbonyl (C=O) groups is 1. The molecule has 0 bridgehead atoms. The Hall–Kier alpha value is -0.427. The van der Waals surface area contributed by atoms with Gasteiger partial charge in [0.15, 0.2) is 6.29 Å². The van der Waals surface area contributed by atoms with Crippen LogP contribution in [0.1, 0.15) is 10.4 Å². The molecule has 0 aliphatic heterocycles. The van der Waals surface area contributed by atoms with Crippen LogP contribution < -0.4 is 0 Å². The van der Waals surface area contributed by atoms with Crippen LogP contribution in [0, 0.1) is 0 Å². The van der Waals surface area contributed by atoms with Gasteiger partial charge in [-0.15, -0.1) is 0 Å². The van der Waals surface area contributed by atoms with Crippen molar-refractivity contribution in [3.63, 3.8) is 0 Å². The van der Waals surface area contributed by atoms with E-state index in [0.717, 1.165) is 0 Å². The summed E-state index contributed by atoms with van der Waals surface area (Å²) in [7, 11) is 0. The van der Waals surface area contributed by atoms with Crippen molar-refractivity contribution in [1.29, 1.82) is 0 Å². The normalized spacial score (nSPS) is 8.00. The van der Waals surface area contributed by atoms with Crippen molar-refractivity contribution < 1.29 is 36.1 Å². The average molecular weight is 213 g/mol. The minimum atomic E-state index is 0. The minimum absolute atomic E-state index is 0. The molecule has 0 heterocycles. The van der Waals surface area contributed by atoms with Crippen molar-refractivity contribution in [1.82, 2.24) is 0 Å². The first-order chi connectivity index (χ1) is 4.34. The molecule has 0 aromatic heterocycles. The first-order valence-corrected chi connectivity index (χ1v) is 2.58. The Morgan fingerprint density at radius 1 is 1.30 bits per heavy atom. The fourth-order valence-electron chi connectivity index (χ4n) is 0.587. The van der Waals surface area contributed by atoms with Gasteiger partial charge in [0.05, 0.1) is 5.56 Å². The quantitative estimate of drug-likeness (QED) is 0.712. The number of aromatic hydroxyl groups is 1. The standard InChI is InChI=1S/C7H6O2.Zr/c8-5-6-3-1-2-4-7(6)9;/h1-5,9H;. The van der Waals surface area contributed by atoms with Crippen molar-refractivity contribution in [2.75, 3.05) is 0 Å². The number of aldehydes is 1. The predicted molar refractivity (Wildman–Crippen MR) is 33.5 cm³/mol. The SMILES string of the molecule is O=Cc1ccccc1O.[Zr].